The van der Waals surface area contributed by atoms with Crippen LogP contribution in [0.4, 0.5) is 0 Å². The lowest BCUT2D eigenvalue weighted by Crippen LogP contribution is -2.39. The molecule has 0 N–H and O–H groups in total. The first-order chi connectivity index (χ1) is 6.56. The first-order valence-electron chi connectivity index (χ1n) is 6.56. The number of hydrogen-bond acceptors (Lipinski definition) is 0. The van der Waals surface area contributed by atoms with Gasteiger partial charge < -0.3 is 0 Å². The summed E-state index contributed by atoms with van der Waals surface area (Å²) in [6.07, 6.45) is 7.11. The zero-order valence-corrected chi connectivity index (χ0v) is 10.8. The Balaban J connectivity index is 2.43. The average Bonchev–Trinajstić information content (AvgIpc) is 2.15. The lowest BCUT2D eigenvalue weighted by atomic mass is 9.56. The molecule has 2 unspecified atom stereocenters. The molecule has 14 heavy (non-hydrogen) atoms. The average molecular weight is 196 g/mol. The molecule has 0 nitrogen and oxygen atoms in total. The second-order valence-electron chi connectivity index (χ2n) is 5.79. The van der Waals surface area contributed by atoms with E-state index in [1.807, 2.05) is 0 Å². The molecule has 0 aromatic heterocycles. The molecule has 0 saturated heterocycles. The Kier molecular flexibility index (Phi) is 4.04. The summed E-state index contributed by atoms with van der Waals surface area (Å²) in [7, 11) is 0. The van der Waals surface area contributed by atoms with Gasteiger partial charge in [-0.15, -0.1) is 0 Å². The lowest BCUT2D eigenvalue weighted by Gasteiger charge is -2.50. The normalized spacial score (nSPS) is 36.2. The zero-order valence-electron chi connectivity index (χ0n) is 10.8. The third-order valence-electron chi connectivity index (χ3n) is 4.82. The van der Waals surface area contributed by atoms with Crippen LogP contribution in [0.5, 0.6) is 0 Å². The minimum atomic E-state index is 0.700. The fraction of sp³-hybridized carbons (Fsp3) is 1.00. The Morgan fingerprint density at radius 1 is 1.14 bits per heavy atom. The third kappa shape index (κ3) is 2.32. The molecule has 0 aromatic rings. The highest BCUT2D eigenvalue weighted by Gasteiger charge is 2.42. The van der Waals surface area contributed by atoms with Crippen molar-refractivity contribution in [2.24, 2.45) is 23.2 Å². The second-order valence-corrected chi connectivity index (χ2v) is 5.79. The van der Waals surface area contributed by atoms with E-state index in [-0.39, 0.29) is 0 Å². The van der Waals surface area contributed by atoms with Crippen LogP contribution in [-0.2, 0) is 0 Å². The molecule has 1 saturated carbocycles. The molecule has 1 fully saturated rings. The Morgan fingerprint density at radius 3 is 2.07 bits per heavy atom. The molecule has 0 heterocycles. The summed E-state index contributed by atoms with van der Waals surface area (Å²) in [4.78, 5) is 0. The van der Waals surface area contributed by atoms with E-state index in [0.29, 0.717) is 5.41 Å². The van der Waals surface area contributed by atoms with E-state index in [1.54, 1.807) is 0 Å². The molecule has 1 aliphatic carbocycles. The molecular formula is C14H28. The molecule has 0 heteroatoms. The molecule has 0 spiro atoms. The Morgan fingerprint density at radius 2 is 1.71 bits per heavy atom. The van der Waals surface area contributed by atoms with Gasteiger partial charge in [-0.25, -0.2) is 0 Å². The van der Waals surface area contributed by atoms with Crippen molar-refractivity contribution >= 4 is 0 Å². The topological polar surface area (TPSA) is 0 Å². The van der Waals surface area contributed by atoms with Crippen LogP contribution in [-0.4, -0.2) is 0 Å². The van der Waals surface area contributed by atoms with E-state index in [1.165, 1.54) is 32.1 Å². The molecule has 2 atom stereocenters. The number of hydrogen-bond donors (Lipinski definition) is 0. The highest BCUT2D eigenvalue weighted by Crippen LogP contribution is 2.53. The summed E-state index contributed by atoms with van der Waals surface area (Å²) in [5, 5.41) is 0. The van der Waals surface area contributed by atoms with Gasteiger partial charge in [0.15, 0.2) is 0 Å². The fourth-order valence-corrected chi connectivity index (χ4v) is 3.30. The van der Waals surface area contributed by atoms with E-state index in [4.69, 9.17) is 0 Å². The first kappa shape index (κ1) is 12.1. The largest absolute Gasteiger partial charge is 0.0651 e. The lowest BCUT2D eigenvalue weighted by molar-refractivity contribution is 0.00806. The van der Waals surface area contributed by atoms with Crippen molar-refractivity contribution in [2.75, 3.05) is 0 Å². The summed E-state index contributed by atoms with van der Waals surface area (Å²) < 4.78 is 0. The van der Waals surface area contributed by atoms with Crippen LogP contribution in [0.2, 0.25) is 0 Å². The van der Waals surface area contributed by atoms with Crippen molar-refractivity contribution in [2.45, 2.75) is 66.7 Å². The van der Waals surface area contributed by atoms with Gasteiger partial charge in [-0.2, -0.15) is 0 Å². The molecule has 0 bridgehead atoms. The van der Waals surface area contributed by atoms with Gasteiger partial charge in [-0.3, -0.25) is 0 Å². The van der Waals surface area contributed by atoms with Gasteiger partial charge in [0, 0.05) is 0 Å². The predicted molar refractivity (Wildman–Crippen MR) is 64.4 cm³/mol. The highest BCUT2D eigenvalue weighted by atomic mass is 14.5. The quantitative estimate of drug-likeness (QED) is 0.587. The van der Waals surface area contributed by atoms with Crippen LogP contribution in [0.3, 0.4) is 0 Å². The van der Waals surface area contributed by atoms with Gasteiger partial charge in [0.05, 0.1) is 0 Å². The van der Waals surface area contributed by atoms with Crippen molar-refractivity contribution in [1.29, 1.82) is 0 Å². The van der Waals surface area contributed by atoms with Crippen LogP contribution < -0.4 is 0 Å². The maximum Gasteiger partial charge on any atom is -0.0323 e. The van der Waals surface area contributed by atoms with Gasteiger partial charge in [0.25, 0.3) is 0 Å². The molecule has 1 rings (SSSR count). The van der Waals surface area contributed by atoms with Gasteiger partial charge in [0.1, 0.15) is 0 Å². The summed E-state index contributed by atoms with van der Waals surface area (Å²) in [5.41, 5.74) is 0.700. The second kappa shape index (κ2) is 4.68. The first-order valence-corrected chi connectivity index (χ1v) is 6.56. The van der Waals surface area contributed by atoms with E-state index in [0.717, 1.165) is 17.8 Å². The monoisotopic (exact) mass is 196 g/mol. The molecule has 0 amide bonds. The zero-order chi connectivity index (χ0) is 10.8. The van der Waals surface area contributed by atoms with Crippen molar-refractivity contribution in [1.82, 2.24) is 0 Å². The fourth-order valence-electron chi connectivity index (χ4n) is 3.30. The van der Waals surface area contributed by atoms with Gasteiger partial charge in [-0.05, 0) is 36.0 Å². The summed E-state index contributed by atoms with van der Waals surface area (Å²) in [6, 6.07) is 0. The van der Waals surface area contributed by atoms with E-state index in [2.05, 4.69) is 34.6 Å². The Bertz CT molecular complexity index is 165. The maximum absolute atomic E-state index is 2.47. The van der Waals surface area contributed by atoms with E-state index >= 15 is 0 Å². The molecule has 0 radical (unpaired) electrons. The molecule has 0 aliphatic heterocycles. The van der Waals surface area contributed by atoms with Gasteiger partial charge in [0.2, 0.25) is 0 Å². The van der Waals surface area contributed by atoms with Crippen molar-refractivity contribution in [3.8, 4) is 0 Å². The summed E-state index contributed by atoms with van der Waals surface area (Å²) >= 11 is 0. The van der Waals surface area contributed by atoms with Crippen LogP contribution >= 0.6 is 0 Å². The standard InChI is InChI=1S/C14H28/c1-6-11(4)13(7-2)12-9-14(5,8-3)10-12/h11-13H,6-10H2,1-5H3. The van der Waals surface area contributed by atoms with Crippen molar-refractivity contribution in [3.05, 3.63) is 0 Å². The minimum absolute atomic E-state index is 0.700. The van der Waals surface area contributed by atoms with E-state index < -0.39 is 0 Å². The predicted octanol–water partition coefficient (Wildman–Crippen LogP) is 4.89. The van der Waals surface area contributed by atoms with Crippen LogP contribution in [0, 0.1) is 23.2 Å². The van der Waals surface area contributed by atoms with Crippen LogP contribution in [0.1, 0.15) is 66.7 Å². The Labute approximate surface area is 90.5 Å². The van der Waals surface area contributed by atoms with Gasteiger partial charge >= 0.3 is 0 Å². The van der Waals surface area contributed by atoms with Crippen molar-refractivity contribution < 1.29 is 0 Å². The smallest absolute Gasteiger partial charge is 0.0323 e. The van der Waals surface area contributed by atoms with Crippen LogP contribution in [0.15, 0.2) is 0 Å². The summed E-state index contributed by atoms with van der Waals surface area (Å²) in [6.45, 7) is 12.0. The number of rotatable bonds is 5. The van der Waals surface area contributed by atoms with Gasteiger partial charge in [-0.1, -0.05) is 53.9 Å². The van der Waals surface area contributed by atoms with Crippen LogP contribution in [0.25, 0.3) is 0 Å². The SMILES string of the molecule is CCC(C)C(CC)C1CC(C)(CC)C1. The Hall–Kier alpha value is 0. The molecular weight excluding hydrogens is 168 g/mol. The van der Waals surface area contributed by atoms with Crippen molar-refractivity contribution in [3.63, 3.8) is 0 Å². The van der Waals surface area contributed by atoms with E-state index in [9.17, 15) is 0 Å². The maximum atomic E-state index is 2.47. The third-order valence-corrected chi connectivity index (χ3v) is 4.82. The molecule has 0 aromatic carbocycles. The highest BCUT2D eigenvalue weighted by molar-refractivity contribution is 4.93. The molecule has 1 aliphatic rings. The molecule has 84 valence electrons. The summed E-state index contributed by atoms with van der Waals surface area (Å²) in [5.74, 6) is 2.98. The minimum Gasteiger partial charge on any atom is -0.0651 e.